The van der Waals surface area contributed by atoms with Crippen LogP contribution in [0.25, 0.3) is 11.1 Å². The molecule has 2 aromatic rings. The molecule has 0 spiro atoms. The molecule has 1 fully saturated rings. The van der Waals surface area contributed by atoms with Crippen LogP contribution in [0, 0.1) is 0 Å². The van der Waals surface area contributed by atoms with Crippen LogP contribution in [-0.2, 0) is 19.1 Å². The van der Waals surface area contributed by atoms with E-state index in [0.29, 0.717) is 12.8 Å². The van der Waals surface area contributed by atoms with Gasteiger partial charge in [0.15, 0.2) is 0 Å². The molecule has 152 valence electrons. The minimum absolute atomic E-state index is 0.0175. The fourth-order valence-electron chi connectivity index (χ4n) is 4.49. The summed E-state index contributed by atoms with van der Waals surface area (Å²) in [5.74, 6) is -1.02. The van der Waals surface area contributed by atoms with Gasteiger partial charge in [-0.3, -0.25) is 4.79 Å². The first kappa shape index (κ1) is 19.6. The van der Waals surface area contributed by atoms with Crippen LogP contribution in [0.3, 0.4) is 0 Å². The van der Waals surface area contributed by atoms with Gasteiger partial charge in [0.2, 0.25) is 5.60 Å². The van der Waals surface area contributed by atoms with Crippen LogP contribution in [0.15, 0.2) is 48.5 Å². The quantitative estimate of drug-likeness (QED) is 0.779. The van der Waals surface area contributed by atoms with E-state index in [1.54, 1.807) is 6.92 Å². The SMILES string of the molecule is C[C@H](N)C(=O)OC1(C(=O)OCC2c3ccccc3-c3ccccc32)CCCCC1. The van der Waals surface area contributed by atoms with E-state index in [9.17, 15) is 9.59 Å². The minimum Gasteiger partial charge on any atom is -0.462 e. The maximum absolute atomic E-state index is 13.1. The lowest BCUT2D eigenvalue weighted by Crippen LogP contribution is -2.49. The van der Waals surface area contributed by atoms with Gasteiger partial charge in [-0.15, -0.1) is 0 Å². The molecule has 2 aromatic carbocycles. The van der Waals surface area contributed by atoms with Gasteiger partial charge in [-0.1, -0.05) is 55.0 Å². The molecule has 0 unspecified atom stereocenters. The Labute approximate surface area is 171 Å². The van der Waals surface area contributed by atoms with Crippen molar-refractivity contribution in [3.8, 4) is 11.1 Å². The largest absolute Gasteiger partial charge is 0.462 e. The smallest absolute Gasteiger partial charge is 0.350 e. The zero-order valence-corrected chi connectivity index (χ0v) is 16.7. The Kier molecular flexibility index (Phi) is 5.41. The summed E-state index contributed by atoms with van der Waals surface area (Å²) in [4.78, 5) is 25.3. The molecule has 5 heteroatoms. The number of nitrogens with two attached hydrogens (primary N) is 1. The molecular formula is C24H27NO4. The van der Waals surface area contributed by atoms with Crippen LogP contribution in [-0.4, -0.2) is 30.2 Å². The van der Waals surface area contributed by atoms with E-state index in [4.69, 9.17) is 15.2 Å². The number of fused-ring (bicyclic) bond motifs is 3. The molecule has 1 atom stereocenters. The maximum atomic E-state index is 13.1. The molecule has 0 heterocycles. The van der Waals surface area contributed by atoms with Crippen LogP contribution >= 0.6 is 0 Å². The van der Waals surface area contributed by atoms with Crippen molar-refractivity contribution in [2.24, 2.45) is 5.73 Å². The van der Waals surface area contributed by atoms with E-state index < -0.39 is 23.6 Å². The molecule has 0 bridgehead atoms. The van der Waals surface area contributed by atoms with Crippen molar-refractivity contribution < 1.29 is 19.1 Å². The molecular weight excluding hydrogens is 366 g/mol. The standard InChI is InChI=1S/C24H27NO4/c1-16(25)22(26)29-24(13-7-2-8-14-24)23(27)28-15-21-19-11-5-3-9-17(19)18-10-4-6-12-20(18)21/h3-6,9-12,16,21H,2,7-8,13-15,25H2,1H3/t16-/m0/s1. The number of hydrogen-bond donors (Lipinski definition) is 1. The Balaban J connectivity index is 1.54. The van der Waals surface area contributed by atoms with Gasteiger partial charge in [-0.25, -0.2) is 4.79 Å². The predicted octanol–water partition coefficient (Wildman–Crippen LogP) is 3.94. The lowest BCUT2D eigenvalue weighted by Gasteiger charge is -2.35. The van der Waals surface area contributed by atoms with Crippen molar-refractivity contribution in [1.82, 2.24) is 0 Å². The highest BCUT2D eigenvalue weighted by atomic mass is 16.6. The summed E-state index contributed by atoms with van der Waals surface area (Å²) < 4.78 is 11.4. The van der Waals surface area contributed by atoms with E-state index in [-0.39, 0.29) is 12.5 Å². The number of esters is 2. The summed E-state index contributed by atoms with van der Waals surface area (Å²) >= 11 is 0. The molecule has 0 aliphatic heterocycles. The van der Waals surface area contributed by atoms with E-state index in [0.717, 1.165) is 30.4 Å². The monoisotopic (exact) mass is 393 g/mol. The van der Waals surface area contributed by atoms with Crippen LogP contribution in [0.1, 0.15) is 56.1 Å². The Morgan fingerprint density at radius 1 is 1.00 bits per heavy atom. The van der Waals surface area contributed by atoms with Gasteiger partial charge < -0.3 is 15.2 Å². The second-order valence-electron chi connectivity index (χ2n) is 8.09. The highest BCUT2D eigenvalue weighted by Gasteiger charge is 2.46. The normalized spacial score (nSPS) is 18.4. The molecule has 0 aromatic heterocycles. The maximum Gasteiger partial charge on any atom is 0.350 e. The Bertz CT molecular complexity index is 869. The van der Waals surface area contributed by atoms with E-state index in [2.05, 4.69) is 24.3 Å². The van der Waals surface area contributed by atoms with Crippen LogP contribution in [0.2, 0.25) is 0 Å². The number of ether oxygens (including phenoxy) is 2. The molecule has 0 amide bonds. The molecule has 29 heavy (non-hydrogen) atoms. The van der Waals surface area contributed by atoms with Crippen molar-refractivity contribution in [1.29, 1.82) is 0 Å². The minimum atomic E-state index is -1.21. The summed E-state index contributed by atoms with van der Waals surface area (Å²) in [6.45, 7) is 1.79. The summed E-state index contributed by atoms with van der Waals surface area (Å²) in [5.41, 5.74) is 9.14. The lowest BCUT2D eigenvalue weighted by atomic mass is 9.84. The molecule has 0 radical (unpaired) electrons. The predicted molar refractivity (Wildman–Crippen MR) is 110 cm³/mol. The molecule has 0 saturated heterocycles. The fraction of sp³-hybridized carbons (Fsp3) is 0.417. The molecule has 2 N–H and O–H groups in total. The van der Waals surface area contributed by atoms with Gasteiger partial charge in [-0.05, 0) is 54.9 Å². The molecule has 2 aliphatic rings. The fourth-order valence-corrected chi connectivity index (χ4v) is 4.49. The number of hydrogen-bond acceptors (Lipinski definition) is 5. The Morgan fingerprint density at radius 2 is 1.55 bits per heavy atom. The summed E-state index contributed by atoms with van der Waals surface area (Å²) in [6.07, 6.45) is 3.66. The highest BCUT2D eigenvalue weighted by Crippen LogP contribution is 2.45. The van der Waals surface area contributed by atoms with E-state index in [1.165, 1.54) is 11.1 Å². The lowest BCUT2D eigenvalue weighted by molar-refractivity contribution is -0.187. The average molecular weight is 393 g/mol. The van der Waals surface area contributed by atoms with Crippen LogP contribution in [0.5, 0.6) is 0 Å². The second-order valence-corrected chi connectivity index (χ2v) is 8.09. The first-order valence-electron chi connectivity index (χ1n) is 10.4. The average Bonchev–Trinajstić information content (AvgIpc) is 3.06. The van der Waals surface area contributed by atoms with Gasteiger partial charge in [0.1, 0.15) is 12.6 Å². The first-order valence-corrected chi connectivity index (χ1v) is 10.4. The van der Waals surface area contributed by atoms with Crippen LogP contribution < -0.4 is 5.73 Å². The van der Waals surface area contributed by atoms with Gasteiger partial charge >= 0.3 is 11.9 Å². The van der Waals surface area contributed by atoms with E-state index >= 15 is 0 Å². The number of benzene rings is 2. The van der Waals surface area contributed by atoms with Crippen molar-refractivity contribution >= 4 is 11.9 Å². The molecule has 4 rings (SSSR count). The van der Waals surface area contributed by atoms with Gasteiger partial charge in [0.25, 0.3) is 0 Å². The van der Waals surface area contributed by atoms with Crippen LogP contribution in [0.4, 0.5) is 0 Å². The highest BCUT2D eigenvalue weighted by molar-refractivity contribution is 5.85. The summed E-state index contributed by atoms with van der Waals surface area (Å²) in [6, 6.07) is 15.7. The topological polar surface area (TPSA) is 78.6 Å². The number of carbonyl (C=O) groups excluding carboxylic acids is 2. The van der Waals surface area contributed by atoms with Gasteiger partial charge in [0, 0.05) is 5.92 Å². The van der Waals surface area contributed by atoms with Gasteiger partial charge in [-0.2, -0.15) is 0 Å². The molecule has 2 aliphatic carbocycles. The van der Waals surface area contributed by atoms with Gasteiger partial charge in [0.05, 0.1) is 0 Å². The Morgan fingerprint density at radius 3 is 2.10 bits per heavy atom. The number of carbonyl (C=O) groups is 2. The van der Waals surface area contributed by atoms with Crippen molar-refractivity contribution in [3.63, 3.8) is 0 Å². The molecule has 1 saturated carbocycles. The second kappa shape index (κ2) is 7.99. The molecule has 5 nitrogen and oxygen atoms in total. The third-order valence-electron chi connectivity index (χ3n) is 6.04. The summed E-state index contributed by atoms with van der Waals surface area (Å²) in [7, 11) is 0. The first-order chi connectivity index (χ1) is 14.0. The third kappa shape index (κ3) is 3.67. The zero-order valence-electron chi connectivity index (χ0n) is 16.7. The number of rotatable bonds is 5. The van der Waals surface area contributed by atoms with Crippen molar-refractivity contribution in [2.75, 3.05) is 6.61 Å². The van der Waals surface area contributed by atoms with Crippen molar-refractivity contribution in [2.45, 2.75) is 56.6 Å². The zero-order chi connectivity index (χ0) is 20.4. The third-order valence-corrected chi connectivity index (χ3v) is 6.04. The van der Waals surface area contributed by atoms with Crippen molar-refractivity contribution in [3.05, 3.63) is 59.7 Å². The summed E-state index contributed by atoms with van der Waals surface area (Å²) in [5, 5.41) is 0. The Hall–Kier alpha value is -2.66. The van der Waals surface area contributed by atoms with E-state index in [1.807, 2.05) is 24.3 Å².